The van der Waals surface area contributed by atoms with Gasteiger partial charge in [0.15, 0.2) is 0 Å². The molecule has 1 atom stereocenters. The molecule has 0 aliphatic heterocycles. The summed E-state index contributed by atoms with van der Waals surface area (Å²) in [5.41, 5.74) is 0. The number of rotatable bonds is 22. The summed E-state index contributed by atoms with van der Waals surface area (Å²) in [5, 5.41) is 0. The Morgan fingerprint density at radius 3 is 1.66 bits per heavy atom. The Labute approximate surface area is 215 Å². The SMILES string of the molecule is CCCCCCCCCOC(CCCCCC)CCOP(Oc1ccccc1)Oc1ccccc1. The van der Waals surface area contributed by atoms with E-state index in [1.54, 1.807) is 0 Å². The first-order chi connectivity index (χ1) is 17.3. The molecule has 0 N–H and O–H groups in total. The number of para-hydroxylation sites is 2. The number of hydrogen-bond acceptors (Lipinski definition) is 4. The normalized spacial score (nSPS) is 12.1. The molecule has 2 aromatic carbocycles. The topological polar surface area (TPSA) is 36.9 Å². The highest BCUT2D eigenvalue weighted by Gasteiger charge is 2.19. The Morgan fingerprint density at radius 2 is 1.09 bits per heavy atom. The summed E-state index contributed by atoms with van der Waals surface area (Å²) >= 11 is 0. The van der Waals surface area contributed by atoms with E-state index in [0.717, 1.165) is 37.4 Å². The summed E-state index contributed by atoms with van der Waals surface area (Å²) in [4.78, 5) is 0. The van der Waals surface area contributed by atoms with Gasteiger partial charge in [-0.3, -0.25) is 4.52 Å². The summed E-state index contributed by atoms with van der Waals surface area (Å²) in [6, 6.07) is 19.5. The van der Waals surface area contributed by atoms with E-state index >= 15 is 0 Å². The highest BCUT2D eigenvalue weighted by molar-refractivity contribution is 7.42. The molecule has 2 aromatic rings. The Bertz CT molecular complexity index is 671. The van der Waals surface area contributed by atoms with E-state index in [9.17, 15) is 0 Å². The van der Waals surface area contributed by atoms with Crippen LogP contribution in [-0.2, 0) is 9.26 Å². The van der Waals surface area contributed by atoms with E-state index in [1.807, 2.05) is 60.7 Å². The lowest BCUT2D eigenvalue weighted by Gasteiger charge is -2.21. The molecule has 0 fully saturated rings. The second kappa shape index (κ2) is 20.6. The first kappa shape index (κ1) is 29.6. The van der Waals surface area contributed by atoms with Gasteiger partial charge < -0.3 is 13.8 Å². The minimum absolute atomic E-state index is 0.234. The highest BCUT2D eigenvalue weighted by atomic mass is 31.2. The average Bonchev–Trinajstić information content (AvgIpc) is 2.89. The van der Waals surface area contributed by atoms with Crippen LogP contribution in [0.3, 0.4) is 0 Å². The Morgan fingerprint density at radius 1 is 0.571 bits per heavy atom. The van der Waals surface area contributed by atoms with Crippen molar-refractivity contribution in [2.24, 2.45) is 0 Å². The molecular formula is C30H47O4P. The van der Waals surface area contributed by atoms with Crippen molar-refractivity contribution >= 4 is 8.60 Å². The maximum absolute atomic E-state index is 6.31. The van der Waals surface area contributed by atoms with E-state index in [2.05, 4.69) is 13.8 Å². The molecule has 0 bridgehead atoms. The van der Waals surface area contributed by atoms with Crippen LogP contribution in [0.5, 0.6) is 11.5 Å². The van der Waals surface area contributed by atoms with Crippen molar-refractivity contribution < 1.29 is 18.3 Å². The third-order valence-electron chi connectivity index (χ3n) is 5.96. The van der Waals surface area contributed by atoms with Crippen LogP contribution in [0.25, 0.3) is 0 Å². The smallest absolute Gasteiger partial charge is 0.418 e. The third-order valence-corrected chi connectivity index (χ3v) is 7.08. The standard InChI is InChI=1S/C30H47O4P/c1-3-5-7-9-10-11-19-26-31-28(20-14-8-6-4-2)25-27-32-35(33-29-21-15-12-16-22-29)34-30-23-17-13-18-24-30/h12-13,15-18,21-24,28H,3-11,14,19-20,25-27H2,1-2H3. The second-order valence-corrected chi connectivity index (χ2v) is 10.2. The van der Waals surface area contributed by atoms with Crippen LogP contribution in [0, 0.1) is 0 Å². The van der Waals surface area contributed by atoms with Crippen molar-refractivity contribution in [2.75, 3.05) is 13.2 Å². The Kier molecular flexibility index (Phi) is 17.4. The fourth-order valence-corrected chi connectivity index (χ4v) is 4.87. The summed E-state index contributed by atoms with van der Waals surface area (Å²) in [5.74, 6) is 1.50. The van der Waals surface area contributed by atoms with Gasteiger partial charge in [-0.25, -0.2) is 0 Å². The molecule has 1 unspecified atom stereocenters. The quantitative estimate of drug-likeness (QED) is 0.119. The molecule has 196 valence electrons. The lowest BCUT2D eigenvalue weighted by atomic mass is 10.1. The van der Waals surface area contributed by atoms with Crippen LogP contribution in [0.2, 0.25) is 0 Å². The molecule has 0 aliphatic rings. The third kappa shape index (κ3) is 15.2. The van der Waals surface area contributed by atoms with Gasteiger partial charge in [0.05, 0.1) is 12.7 Å². The van der Waals surface area contributed by atoms with Crippen molar-refractivity contribution in [3.63, 3.8) is 0 Å². The molecule has 5 heteroatoms. The molecule has 0 aromatic heterocycles. The van der Waals surface area contributed by atoms with Crippen LogP contribution in [0.4, 0.5) is 0 Å². The van der Waals surface area contributed by atoms with Crippen molar-refractivity contribution in [3.8, 4) is 11.5 Å². The molecule has 0 heterocycles. The fraction of sp³-hybridized carbons (Fsp3) is 0.600. The van der Waals surface area contributed by atoms with Gasteiger partial charge in [0, 0.05) is 6.61 Å². The van der Waals surface area contributed by atoms with Crippen molar-refractivity contribution in [1.29, 1.82) is 0 Å². The Hall–Kier alpha value is -1.61. The van der Waals surface area contributed by atoms with E-state index in [-0.39, 0.29) is 6.10 Å². The van der Waals surface area contributed by atoms with Crippen LogP contribution >= 0.6 is 8.60 Å². The monoisotopic (exact) mass is 502 g/mol. The minimum Gasteiger partial charge on any atom is -0.418 e. The maximum atomic E-state index is 6.31. The molecule has 4 nitrogen and oxygen atoms in total. The fourth-order valence-electron chi connectivity index (χ4n) is 3.88. The zero-order valence-corrected chi connectivity index (χ0v) is 22.9. The molecule has 0 spiro atoms. The molecular weight excluding hydrogens is 455 g/mol. The Balaban J connectivity index is 1.79. The number of ether oxygens (including phenoxy) is 1. The molecule has 35 heavy (non-hydrogen) atoms. The summed E-state index contributed by atoms with van der Waals surface area (Å²) in [7, 11) is -1.54. The number of unbranched alkanes of at least 4 members (excludes halogenated alkanes) is 9. The van der Waals surface area contributed by atoms with E-state index in [1.165, 1.54) is 64.2 Å². The number of hydrogen-bond donors (Lipinski definition) is 0. The van der Waals surface area contributed by atoms with Crippen LogP contribution in [0.15, 0.2) is 60.7 Å². The lowest BCUT2D eigenvalue weighted by molar-refractivity contribution is 0.0282. The van der Waals surface area contributed by atoms with E-state index in [4.69, 9.17) is 18.3 Å². The molecule has 0 aliphatic carbocycles. The highest BCUT2D eigenvalue weighted by Crippen LogP contribution is 2.41. The molecule has 0 saturated heterocycles. The van der Waals surface area contributed by atoms with E-state index in [0.29, 0.717) is 6.61 Å². The van der Waals surface area contributed by atoms with E-state index < -0.39 is 8.60 Å². The van der Waals surface area contributed by atoms with Gasteiger partial charge in [0.25, 0.3) is 0 Å². The summed E-state index contributed by atoms with van der Waals surface area (Å²) < 4.78 is 24.5. The van der Waals surface area contributed by atoms with Gasteiger partial charge >= 0.3 is 8.60 Å². The predicted octanol–water partition coefficient (Wildman–Crippen LogP) is 9.88. The summed E-state index contributed by atoms with van der Waals surface area (Å²) in [6.45, 7) is 5.93. The van der Waals surface area contributed by atoms with Crippen LogP contribution < -0.4 is 9.05 Å². The first-order valence-electron chi connectivity index (χ1n) is 13.8. The zero-order chi connectivity index (χ0) is 24.8. The van der Waals surface area contributed by atoms with Gasteiger partial charge in [0.1, 0.15) is 11.5 Å². The van der Waals surface area contributed by atoms with Gasteiger partial charge in [-0.15, -0.1) is 0 Å². The molecule has 0 amide bonds. The first-order valence-corrected chi connectivity index (χ1v) is 14.9. The second-order valence-electron chi connectivity index (χ2n) is 9.12. The largest absolute Gasteiger partial charge is 0.463 e. The molecule has 2 rings (SSSR count). The van der Waals surface area contributed by atoms with Crippen LogP contribution in [-0.4, -0.2) is 19.3 Å². The molecule has 0 saturated carbocycles. The van der Waals surface area contributed by atoms with Crippen molar-refractivity contribution in [1.82, 2.24) is 0 Å². The van der Waals surface area contributed by atoms with Gasteiger partial charge in [-0.05, 0) is 43.5 Å². The number of benzene rings is 2. The maximum Gasteiger partial charge on any atom is 0.463 e. The minimum atomic E-state index is -1.54. The van der Waals surface area contributed by atoms with Gasteiger partial charge in [-0.2, -0.15) is 0 Å². The van der Waals surface area contributed by atoms with Crippen molar-refractivity contribution in [2.45, 2.75) is 103 Å². The summed E-state index contributed by atoms with van der Waals surface area (Å²) in [6.07, 6.45) is 16.4. The van der Waals surface area contributed by atoms with Crippen LogP contribution in [0.1, 0.15) is 97.3 Å². The average molecular weight is 503 g/mol. The van der Waals surface area contributed by atoms with Gasteiger partial charge in [-0.1, -0.05) is 114 Å². The zero-order valence-electron chi connectivity index (χ0n) is 22.0. The van der Waals surface area contributed by atoms with Crippen molar-refractivity contribution in [3.05, 3.63) is 60.7 Å². The predicted molar refractivity (Wildman–Crippen MR) is 148 cm³/mol. The van der Waals surface area contributed by atoms with Gasteiger partial charge in [0.2, 0.25) is 0 Å². The lowest BCUT2D eigenvalue weighted by Crippen LogP contribution is -2.17. The molecule has 0 radical (unpaired) electrons.